The standard InChI is InChI=1S/C19H33N3OS/c1-4-5-6-8-11-17(2)22-19(20-3)21-14-15-24(23)16-18-12-9-7-10-13-18/h7,9-10,12-13,17H,4-6,8,11,14-16H2,1-3H3,(H2,20,21,22). The van der Waals surface area contributed by atoms with Crippen molar-refractivity contribution < 1.29 is 4.21 Å². The summed E-state index contributed by atoms with van der Waals surface area (Å²) in [6.07, 6.45) is 6.28. The molecule has 5 heteroatoms. The highest BCUT2D eigenvalue weighted by atomic mass is 32.2. The molecule has 1 rings (SSSR count). The highest BCUT2D eigenvalue weighted by Crippen LogP contribution is 2.05. The van der Waals surface area contributed by atoms with Gasteiger partial charge in [-0.3, -0.25) is 9.20 Å². The Bertz CT molecular complexity index is 491. The van der Waals surface area contributed by atoms with Crippen LogP contribution in [0.1, 0.15) is 51.5 Å². The Morgan fingerprint density at radius 3 is 2.62 bits per heavy atom. The number of hydrogen-bond acceptors (Lipinski definition) is 2. The Morgan fingerprint density at radius 1 is 1.21 bits per heavy atom. The first kappa shape index (κ1) is 20.7. The summed E-state index contributed by atoms with van der Waals surface area (Å²) in [6.45, 7) is 5.09. The maximum absolute atomic E-state index is 12.1. The minimum Gasteiger partial charge on any atom is -0.355 e. The van der Waals surface area contributed by atoms with E-state index >= 15 is 0 Å². The minimum absolute atomic E-state index is 0.405. The zero-order chi connectivity index (χ0) is 17.6. The van der Waals surface area contributed by atoms with Gasteiger partial charge in [-0.05, 0) is 18.9 Å². The van der Waals surface area contributed by atoms with Gasteiger partial charge in [-0.25, -0.2) is 0 Å². The van der Waals surface area contributed by atoms with Crippen molar-refractivity contribution in [2.75, 3.05) is 19.3 Å². The van der Waals surface area contributed by atoms with Crippen LogP contribution < -0.4 is 10.6 Å². The lowest BCUT2D eigenvalue weighted by Crippen LogP contribution is -2.43. The first-order valence-corrected chi connectivity index (χ1v) is 10.5. The number of hydrogen-bond donors (Lipinski definition) is 2. The van der Waals surface area contributed by atoms with Crippen molar-refractivity contribution in [3.05, 3.63) is 35.9 Å². The first-order chi connectivity index (χ1) is 11.7. The molecule has 0 bridgehead atoms. The molecule has 2 N–H and O–H groups in total. The summed E-state index contributed by atoms with van der Waals surface area (Å²) < 4.78 is 12.1. The number of nitrogens with zero attached hydrogens (tertiary/aromatic N) is 1. The molecule has 0 heterocycles. The van der Waals surface area contributed by atoms with Crippen LogP contribution in [-0.4, -0.2) is 35.6 Å². The van der Waals surface area contributed by atoms with Crippen LogP contribution in [0.3, 0.4) is 0 Å². The number of benzene rings is 1. The van der Waals surface area contributed by atoms with Crippen LogP contribution >= 0.6 is 0 Å². The fourth-order valence-corrected chi connectivity index (χ4v) is 3.53. The van der Waals surface area contributed by atoms with Gasteiger partial charge in [0.15, 0.2) is 5.96 Å². The topological polar surface area (TPSA) is 53.5 Å². The van der Waals surface area contributed by atoms with Crippen LogP contribution in [0, 0.1) is 0 Å². The van der Waals surface area contributed by atoms with E-state index in [1.165, 1.54) is 25.7 Å². The largest absolute Gasteiger partial charge is 0.355 e. The summed E-state index contributed by atoms with van der Waals surface area (Å²) in [7, 11) is 0.923. The van der Waals surface area contributed by atoms with Gasteiger partial charge in [0.25, 0.3) is 0 Å². The van der Waals surface area contributed by atoms with Crippen LogP contribution in [-0.2, 0) is 16.6 Å². The monoisotopic (exact) mass is 351 g/mol. The molecule has 0 fully saturated rings. The predicted molar refractivity (Wildman–Crippen MR) is 106 cm³/mol. The molecule has 24 heavy (non-hydrogen) atoms. The van der Waals surface area contributed by atoms with Crippen molar-refractivity contribution in [2.45, 2.75) is 57.7 Å². The molecule has 0 saturated carbocycles. The number of aliphatic imine (C=N–C) groups is 1. The fraction of sp³-hybridized carbons (Fsp3) is 0.632. The molecular formula is C19H33N3OS. The molecule has 0 radical (unpaired) electrons. The Labute approximate surface area is 150 Å². The maximum Gasteiger partial charge on any atom is 0.191 e. The predicted octanol–water partition coefficient (Wildman–Crippen LogP) is 3.46. The Kier molecular flexibility index (Phi) is 11.2. The van der Waals surface area contributed by atoms with Gasteiger partial charge < -0.3 is 10.6 Å². The summed E-state index contributed by atoms with van der Waals surface area (Å²) >= 11 is 0. The van der Waals surface area contributed by atoms with Crippen molar-refractivity contribution in [3.8, 4) is 0 Å². The second-order valence-electron chi connectivity index (χ2n) is 6.17. The van der Waals surface area contributed by atoms with Crippen molar-refractivity contribution >= 4 is 16.8 Å². The first-order valence-electron chi connectivity index (χ1n) is 9.01. The summed E-state index contributed by atoms with van der Waals surface area (Å²) in [5.74, 6) is 2.04. The summed E-state index contributed by atoms with van der Waals surface area (Å²) in [6, 6.07) is 10.4. The smallest absolute Gasteiger partial charge is 0.191 e. The normalized spacial score (nSPS) is 14.2. The number of guanidine groups is 1. The molecule has 1 aromatic carbocycles. The lowest BCUT2D eigenvalue weighted by atomic mass is 10.1. The Morgan fingerprint density at radius 2 is 1.96 bits per heavy atom. The molecule has 0 aromatic heterocycles. The van der Waals surface area contributed by atoms with Gasteiger partial charge in [0.1, 0.15) is 0 Å². The van der Waals surface area contributed by atoms with Crippen LogP contribution in [0.5, 0.6) is 0 Å². The van der Waals surface area contributed by atoms with Crippen LogP contribution in [0.25, 0.3) is 0 Å². The van der Waals surface area contributed by atoms with Gasteiger partial charge >= 0.3 is 0 Å². The molecule has 0 amide bonds. The number of rotatable bonds is 11. The molecule has 0 aliphatic carbocycles. The van der Waals surface area contributed by atoms with E-state index in [1.807, 2.05) is 30.3 Å². The zero-order valence-corrected chi connectivity index (χ0v) is 16.2. The van der Waals surface area contributed by atoms with Gasteiger partial charge in [0.05, 0.1) is 0 Å². The molecule has 4 nitrogen and oxygen atoms in total. The third-order valence-electron chi connectivity index (χ3n) is 3.89. The van der Waals surface area contributed by atoms with Crippen LogP contribution in [0.2, 0.25) is 0 Å². The van der Waals surface area contributed by atoms with E-state index in [9.17, 15) is 4.21 Å². The molecule has 0 saturated heterocycles. The molecule has 0 spiro atoms. The van der Waals surface area contributed by atoms with Gasteiger partial charge in [-0.1, -0.05) is 62.9 Å². The van der Waals surface area contributed by atoms with E-state index in [0.29, 0.717) is 24.1 Å². The molecule has 2 atom stereocenters. The maximum atomic E-state index is 12.1. The van der Waals surface area contributed by atoms with Gasteiger partial charge in [-0.2, -0.15) is 0 Å². The van der Waals surface area contributed by atoms with Gasteiger partial charge in [0.2, 0.25) is 0 Å². The molecule has 0 aliphatic heterocycles. The van der Waals surface area contributed by atoms with E-state index in [1.54, 1.807) is 7.05 Å². The second kappa shape index (κ2) is 13.0. The van der Waals surface area contributed by atoms with Crippen molar-refractivity contribution in [2.24, 2.45) is 4.99 Å². The van der Waals surface area contributed by atoms with Gasteiger partial charge in [0, 0.05) is 41.9 Å². The lowest BCUT2D eigenvalue weighted by molar-refractivity contribution is 0.538. The van der Waals surface area contributed by atoms with Crippen LogP contribution in [0.4, 0.5) is 0 Å². The Balaban J connectivity index is 2.20. The molecule has 136 valence electrons. The average Bonchev–Trinajstić information content (AvgIpc) is 2.58. The third kappa shape index (κ3) is 9.71. The number of unbranched alkanes of at least 4 members (excludes halogenated alkanes) is 3. The zero-order valence-electron chi connectivity index (χ0n) is 15.4. The molecular weight excluding hydrogens is 318 g/mol. The minimum atomic E-state index is -0.855. The fourth-order valence-electron chi connectivity index (χ4n) is 2.49. The highest BCUT2D eigenvalue weighted by molar-refractivity contribution is 7.84. The highest BCUT2D eigenvalue weighted by Gasteiger charge is 2.06. The van der Waals surface area contributed by atoms with Crippen LogP contribution in [0.15, 0.2) is 35.3 Å². The molecule has 0 aliphatic rings. The van der Waals surface area contributed by atoms with E-state index in [0.717, 1.165) is 17.9 Å². The second-order valence-corrected chi connectivity index (χ2v) is 7.74. The van der Waals surface area contributed by atoms with E-state index in [2.05, 4.69) is 29.5 Å². The van der Waals surface area contributed by atoms with E-state index in [-0.39, 0.29) is 0 Å². The van der Waals surface area contributed by atoms with Crippen molar-refractivity contribution in [1.82, 2.24) is 10.6 Å². The quantitative estimate of drug-likeness (QED) is 0.365. The van der Waals surface area contributed by atoms with Crippen molar-refractivity contribution in [3.63, 3.8) is 0 Å². The third-order valence-corrected chi connectivity index (χ3v) is 5.20. The summed E-state index contributed by atoms with van der Waals surface area (Å²) in [5, 5.41) is 6.67. The average molecular weight is 352 g/mol. The van der Waals surface area contributed by atoms with Gasteiger partial charge in [-0.15, -0.1) is 0 Å². The summed E-state index contributed by atoms with van der Waals surface area (Å²) in [5.41, 5.74) is 1.12. The Hall–Kier alpha value is -1.36. The lowest BCUT2D eigenvalue weighted by Gasteiger charge is -2.17. The summed E-state index contributed by atoms with van der Waals surface area (Å²) in [4.78, 5) is 4.25. The van der Waals surface area contributed by atoms with Crippen molar-refractivity contribution in [1.29, 1.82) is 0 Å². The SMILES string of the molecule is CCCCCCC(C)NC(=NC)NCCS(=O)Cc1ccccc1. The number of nitrogens with one attached hydrogen (secondary N) is 2. The molecule has 2 unspecified atom stereocenters. The van der Waals surface area contributed by atoms with E-state index in [4.69, 9.17) is 0 Å². The molecule has 1 aromatic rings. The van der Waals surface area contributed by atoms with E-state index < -0.39 is 10.8 Å².